The number of hydrogen-bond donors (Lipinski definition) is 9. The zero-order chi connectivity index (χ0) is 25.1. The van der Waals surface area contributed by atoms with E-state index in [-0.39, 0.29) is 12.2 Å². The molecule has 0 fully saturated rings. The lowest BCUT2D eigenvalue weighted by molar-refractivity contribution is -0.141. The highest BCUT2D eigenvalue weighted by molar-refractivity contribution is 7.80. The van der Waals surface area contributed by atoms with Crippen molar-refractivity contribution in [2.24, 2.45) is 17.2 Å². The lowest BCUT2D eigenvalue weighted by atomic mass is 10.1. The van der Waals surface area contributed by atoms with Gasteiger partial charge in [-0.15, -0.1) is 0 Å². The summed E-state index contributed by atoms with van der Waals surface area (Å²) in [6, 6.07) is -5.59. The molecule has 5 amide bonds. The SMILES string of the molecule is NC(=O)CC(N)C(=O)NC(Cc1cnc[nH]1)C(=O)NC(CC(N)=O)C(=O)NC(CS)C(=O)O. The number of carbonyl (C=O) groups is 6. The van der Waals surface area contributed by atoms with Gasteiger partial charge >= 0.3 is 5.97 Å². The minimum Gasteiger partial charge on any atom is -0.480 e. The number of H-pyrrole nitrogens is 1. The maximum atomic E-state index is 12.9. The van der Waals surface area contributed by atoms with E-state index in [1.165, 1.54) is 12.5 Å². The second-order valence-electron chi connectivity index (χ2n) is 6.93. The smallest absolute Gasteiger partial charge is 0.327 e. The first-order valence-corrected chi connectivity index (χ1v) is 10.1. The Labute approximate surface area is 193 Å². The van der Waals surface area contributed by atoms with Crippen molar-refractivity contribution >= 4 is 48.1 Å². The maximum absolute atomic E-state index is 12.9. The number of aromatic nitrogens is 2. The van der Waals surface area contributed by atoms with Crippen LogP contribution in [0.2, 0.25) is 0 Å². The predicted octanol–water partition coefficient (Wildman–Crippen LogP) is -4.50. The van der Waals surface area contributed by atoms with Crippen LogP contribution in [0.5, 0.6) is 0 Å². The van der Waals surface area contributed by atoms with Crippen molar-refractivity contribution in [3.8, 4) is 0 Å². The molecule has 0 aliphatic rings. The van der Waals surface area contributed by atoms with E-state index in [1.54, 1.807) is 0 Å². The molecule has 1 aromatic heterocycles. The van der Waals surface area contributed by atoms with Gasteiger partial charge in [0.05, 0.1) is 25.2 Å². The number of rotatable bonds is 14. The summed E-state index contributed by atoms with van der Waals surface area (Å²) < 4.78 is 0. The Hall–Kier alpha value is -3.66. The quantitative estimate of drug-likeness (QED) is 0.114. The number of nitrogens with two attached hydrogens (primary N) is 3. The molecule has 1 aromatic rings. The molecular weight excluding hydrogens is 460 g/mol. The summed E-state index contributed by atoms with van der Waals surface area (Å²) in [6.07, 6.45) is 1.46. The van der Waals surface area contributed by atoms with Gasteiger partial charge in [-0.2, -0.15) is 12.6 Å². The Morgan fingerprint density at radius 3 is 1.97 bits per heavy atom. The first-order valence-electron chi connectivity index (χ1n) is 9.48. The average molecular weight is 487 g/mol. The van der Waals surface area contributed by atoms with E-state index < -0.39 is 72.5 Å². The molecule has 0 spiro atoms. The maximum Gasteiger partial charge on any atom is 0.327 e. The Morgan fingerprint density at radius 2 is 1.48 bits per heavy atom. The summed E-state index contributed by atoms with van der Waals surface area (Å²) in [4.78, 5) is 77.7. The van der Waals surface area contributed by atoms with Crippen LogP contribution in [0.4, 0.5) is 0 Å². The molecule has 1 heterocycles. The van der Waals surface area contributed by atoms with E-state index in [0.717, 1.165) is 0 Å². The summed E-state index contributed by atoms with van der Waals surface area (Å²) in [5.41, 5.74) is 16.2. The molecule has 1 rings (SSSR count). The second kappa shape index (κ2) is 13.0. The van der Waals surface area contributed by atoms with Crippen molar-refractivity contribution in [2.45, 2.75) is 43.4 Å². The molecule has 0 radical (unpaired) electrons. The van der Waals surface area contributed by atoms with Crippen molar-refractivity contribution < 1.29 is 33.9 Å². The minimum absolute atomic E-state index is 0.125. The van der Waals surface area contributed by atoms with Gasteiger partial charge in [-0.3, -0.25) is 24.0 Å². The Bertz CT molecular complexity index is 879. The highest BCUT2D eigenvalue weighted by atomic mass is 32.1. The number of nitrogens with one attached hydrogen (secondary N) is 4. The zero-order valence-corrected chi connectivity index (χ0v) is 18.2. The number of imidazole rings is 1. The van der Waals surface area contributed by atoms with Gasteiger partial charge in [0.15, 0.2) is 0 Å². The highest BCUT2D eigenvalue weighted by Gasteiger charge is 2.31. The van der Waals surface area contributed by atoms with Crippen LogP contribution in [-0.4, -0.2) is 80.5 Å². The van der Waals surface area contributed by atoms with Crippen LogP contribution in [0, 0.1) is 0 Å². The van der Waals surface area contributed by atoms with Gasteiger partial charge in [0, 0.05) is 24.1 Å². The van der Waals surface area contributed by atoms with Gasteiger partial charge in [-0.1, -0.05) is 0 Å². The van der Waals surface area contributed by atoms with E-state index >= 15 is 0 Å². The number of carbonyl (C=O) groups excluding carboxylic acids is 5. The molecule has 4 atom stereocenters. The molecule has 0 saturated heterocycles. The number of hydrogen-bond acceptors (Lipinski definition) is 9. The first-order chi connectivity index (χ1) is 15.4. The normalized spacial score (nSPS) is 14.2. The van der Waals surface area contributed by atoms with E-state index in [9.17, 15) is 28.8 Å². The number of thiol groups is 1. The molecule has 16 heteroatoms. The summed E-state index contributed by atoms with van der Waals surface area (Å²) >= 11 is 3.82. The van der Waals surface area contributed by atoms with Crippen LogP contribution in [0.1, 0.15) is 18.5 Å². The average Bonchev–Trinajstić information content (AvgIpc) is 3.22. The van der Waals surface area contributed by atoms with Crippen molar-refractivity contribution in [1.29, 1.82) is 0 Å². The second-order valence-corrected chi connectivity index (χ2v) is 7.30. The van der Waals surface area contributed by atoms with Crippen LogP contribution in [-0.2, 0) is 35.2 Å². The fourth-order valence-corrected chi connectivity index (χ4v) is 2.80. The highest BCUT2D eigenvalue weighted by Crippen LogP contribution is 2.03. The molecule has 0 aromatic carbocycles. The molecule has 11 N–H and O–H groups in total. The minimum atomic E-state index is -1.54. The van der Waals surface area contributed by atoms with Gasteiger partial charge in [0.25, 0.3) is 0 Å². The van der Waals surface area contributed by atoms with E-state index in [2.05, 4.69) is 38.5 Å². The Balaban J connectivity index is 3.04. The predicted molar refractivity (Wildman–Crippen MR) is 115 cm³/mol. The molecule has 15 nitrogen and oxygen atoms in total. The topological polar surface area (TPSA) is 265 Å². The lowest BCUT2D eigenvalue weighted by Gasteiger charge is -2.24. The molecular formula is C17H26N8O7S. The Kier molecular flexibility index (Phi) is 10.8. The van der Waals surface area contributed by atoms with Crippen molar-refractivity contribution in [3.05, 3.63) is 18.2 Å². The summed E-state index contributed by atoms with van der Waals surface area (Å²) in [5, 5.41) is 15.8. The van der Waals surface area contributed by atoms with Crippen LogP contribution >= 0.6 is 12.6 Å². The molecule has 0 aliphatic carbocycles. The van der Waals surface area contributed by atoms with Gasteiger partial charge < -0.3 is 43.2 Å². The van der Waals surface area contributed by atoms with E-state index in [0.29, 0.717) is 5.69 Å². The van der Waals surface area contributed by atoms with Gasteiger partial charge in [0.2, 0.25) is 29.5 Å². The van der Waals surface area contributed by atoms with Gasteiger partial charge in [-0.05, 0) is 0 Å². The molecule has 0 saturated carbocycles. The third-order valence-corrected chi connectivity index (χ3v) is 4.57. The Morgan fingerprint density at radius 1 is 0.939 bits per heavy atom. The number of primary amides is 2. The van der Waals surface area contributed by atoms with Gasteiger partial charge in [-0.25, -0.2) is 9.78 Å². The number of aliphatic carboxylic acids is 1. The summed E-state index contributed by atoms with van der Waals surface area (Å²) in [6.45, 7) is 0. The largest absolute Gasteiger partial charge is 0.480 e. The number of aromatic amines is 1. The first kappa shape index (κ1) is 27.4. The van der Waals surface area contributed by atoms with Gasteiger partial charge in [0.1, 0.15) is 18.1 Å². The van der Waals surface area contributed by atoms with Crippen LogP contribution < -0.4 is 33.2 Å². The monoisotopic (exact) mass is 486 g/mol. The van der Waals surface area contributed by atoms with E-state index in [1.807, 2.05) is 0 Å². The summed E-state index contributed by atoms with van der Waals surface area (Å²) in [7, 11) is 0. The fourth-order valence-electron chi connectivity index (χ4n) is 2.55. The number of amides is 5. The molecule has 33 heavy (non-hydrogen) atoms. The number of carboxylic acids is 1. The van der Waals surface area contributed by atoms with Crippen LogP contribution in [0.15, 0.2) is 12.5 Å². The lowest BCUT2D eigenvalue weighted by Crippen LogP contribution is -2.58. The third-order valence-electron chi connectivity index (χ3n) is 4.21. The number of carboxylic acid groups (broad SMARTS) is 1. The molecule has 182 valence electrons. The number of nitrogens with zero attached hydrogens (tertiary/aromatic N) is 1. The molecule has 4 unspecified atom stereocenters. The fraction of sp³-hybridized carbons (Fsp3) is 0.471. The van der Waals surface area contributed by atoms with Crippen molar-refractivity contribution in [1.82, 2.24) is 25.9 Å². The van der Waals surface area contributed by atoms with Crippen molar-refractivity contribution in [2.75, 3.05) is 5.75 Å². The van der Waals surface area contributed by atoms with E-state index in [4.69, 9.17) is 22.3 Å². The van der Waals surface area contributed by atoms with Crippen LogP contribution in [0.25, 0.3) is 0 Å². The summed E-state index contributed by atoms with van der Waals surface area (Å²) in [5.74, 6) is -6.20. The van der Waals surface area contributed by atoms with Crippen LogP contribution in [0.3, 0.4) is 0 Å². The standard InChI is InChI=1S/C17H26N8O7S/c18-8(2-12(19)26)14(28)23-9(1-7-4-21-6-22-7)15(29)24-10(3-13(20)27)16(30)25-11(5-33)17(31)32/h4,6,8-11,33H,1-3,5,18H2,(H2,19,26)(H2,20,27)(H,21,22)(H,23,28)(H,24,29)(H,25,30)(H,31,32). The zero-order valence-electron chi connectivity index (χ0n) is 17.3. The molecule has 0 aliphatic heterocycles. The van der Waals surface area contributed by atoms with Crippen molar-refractivity contribution in [3.63, 3.8) is 0 Å². The molecule has 0 bridgehead atoms. The third kappa shape index (κ3) is 9.56.